The van der Waals surface area contributed by atoms with Crippen LogP contribution in [0.1, 0.15) is 42.9 Å². The molecule has 3 saturated heterocycles. The highest BCUT2D eigenvalue weighted by Gasteiger charge is 2.65. The van der Waals surface area contributed by atoms with E-state index in [0.717, 1.165) is 0 Å². The first-order valence-corrected chi connectivity index (χ1v) is 8.10. The molecule has 4 heterocycles. The minimum Gasteiger partial charge on any atom is -0.351 e. The van der Waals surface area contributed by atoms with Crippen molar-refractivity contribution in [2.75, 3.05) is 13.2 Å². The molecule has 8 heteroatoms. The number of nitrogens with one attached hydrogen (secondary N) is 1. The lowest BCUT2D eigenvalue weighted by Gasteiger charge is -2.34. The predicted molar refractivity (Wildman–Crippen MR) is 79.3 cm³/mol. The molecule has 23 heavy (non-hydrogen) atoms. The van der Waals surface area contributed by atoms with Crippen LogP contribution >= 0.6 is 0 Å². The van der Waals surface area contributed by atoms with Gasteiger partial charge in [0.05, 0.1) is 30.8 Å². The fourth-order valence-corrected chi connectivity index (χ4v) is 4.24. The summed E-state index contributed by atoms with van der Waals surface area (Å²) in [7, 11) is 0. The van der Waals surface area contributed by atoms with Crippen molar-refractivity contribution in [1.29, 1.82) is 0 Å². The zero-order chi connectivity index (χ0) is 16.4. The number of amides is 2. The smallest absolute Gasteiger partial charge is 0.276 e. The summed E-state index contributed by atoms with van der Waals surface area (Å²) in [6, 6.07) is -0.140. The average Bonchev–Trinajstić information content (AvgIpc) is 3.21. The zero-order valence-electron chi connectivity index (χ0n) is 13.6. The highest BCUT2D eigenvalue weighted by atomic mass is 16.5. The Hall–Kier alpha value is -1.96. The van der Waals surface area contributed by atoms with Gasteiger partial charge in [0.1, 0.15) is 0 Å². The first-order chi connectivity index (χ1) is 11.0. The number of likely N-dealkylation sites (tertiary alicyclic amines) is 1. The maximum Gasteiger partial charge on any atom is 0.276 e. The van der Waals surface area contributed by atoms with Crippen molar-refractivity contribution in [3.8, 4) is 0 Å². The highest BCUT2D eigenvalue weighted by molar-refractivity contribution is 5.95. The van der Waals surface area contributed by atoms with Gasteiger partial charge < -0.3 is 14.5 Å². The zero-order valence-corrected chi connectivity index (χ0v) is 13.6. The second-order valence-electron chi connectivity index (χ2n) is 6.96. The van der Waals surface area contributed by atoms with Crippen LogP contribution in [0.3, 0.4) is 0 Å². The summed E-state index contributed by atoms with van der Waals surface area (Å²) in [5.74, 6) is 0.240. The van der Waals surface area contributed by atoms with E-state index in [1.165, 1.54) is 0 Å². The molecule has 1 spiro atoms. The van der Waals surface area contributed by atoms with Crippen LogP contribution in [0.5, 0.6) is 0 Å². The van der Waals surface area contributed by atoms with Crippen LogP contribution < -0.4 is 0 Å². The van der Waals surface area contributed by atoms with Crippen LogP contribution in [0.15, 0.2) is 0 Å². The van der Waals surface area contributed by atoms with Gasteiger partial charge in [-0.25, -0.2) is 0 Å². The lowest BCUT2D eigenvalue weighted by molar-refractivity contribution is -0.139. The topological polar surface area (TPSA) is 91.4 Å². The lowest BCUT2D eigenvalue weighted by atomic mass is 10.0. The van der Waals surface area contributed by atoms with Gasteiger partial charge in [-0.1, -0.05) is 13.8 Å². The molecule has 3 aliphatic heterocycles. The summed E-state index contributed by atoms with van der Waals surface area (Å²) in [5.41, 5.74) is 0.259. The van der Waals surface area contributed by atoms with E-state index < -0.39 is 5.72 Å². The number of carbonyl (C=O) groups excluding carboxylic acids is 2. The molecular formula is C15H21N5O3. The van der Waals surface area contributed by atoms with Crippen molar-refractivity contribution in [1.82, 2.24) is 25.2 Å². The van der Waals surface area contributed by atoms with Crippen LogP contribution in [-0.2, 0) is 9.53 Å². The van der Waals surface area contributed by atoms with Crippen LogP contribution in [0.25, 0.3) is 0 Å². The SMILES string of the molecule is Cc1n[nH]nc1C(=O)N1CC[C@@]23OC[C@@H](C(C)C)N2C(=O)C[C@@H]13. The molecule has 0 aliphatic carbocycles. The fourth-order valence-electron chi connectivity index (χ4n) is 4.24. The standard InChI is InChI=1S/C15H21N5O3/c1-8(2)10-7-23-15-4-5-19(11(15)6-12(21)20(10)15)14(22)13-9(3)16-18-17-13/h8,10-11H,4-7H2,1-3H3,(H,16,17,18)/t10-,11+,15-/m0/s1. The normalized spacial score (nSPS) is 32.8. The van der Waals surface area contributed by atoms with Crippen LogP contribution in [0, 0.1) is 12.8 Å². The van der Waals surface area contributed by atoms with Gasteiger partial charge in [0.25, 0.3) is 5.91 Å². The van der Waals surface area contributed by atoms with E-state index in [0.29, 0.717) is 43.3 Å². The molecule has 0 bridgehead atoms. The van der Waals surface area contributed by atoms with Crippen molar-refractivity contribution in [3.63, 3.8) is 0 Å². The summed E-state index contributed by atoms with van der Waals surface area (Å²) < 4.78 is 6.13. The molecule has 0 saturated carbocycles. The van der Waals surface area contributed by atoms with Crippen LogP contribution in [0.2, 0.25) is 0 Å². The van der Waals surface area contributed by atoms with Crippen LogP contribution in [0.4, 0.5) is 0 Å². The van der Waals surface area contributed by atoms with Crippen molar-refractivity contribution in [2.45, 2.75) is 51.4 Å². The molecule has 8 nitrogen and oxygen atoms in total. The van der Waals surface area contributed by atoms with Gasteiger partial charge in [-0.2, -0.15) is 15.4 Å². The van der Waals surface area contributed by atoms with Crippen molar-refractivity contribution in [2.24, 2.45) is 5.92 Å². The number of aryl methyl sites for hydroxylation is 1. The van der Waals surface area contributed by atoms with Crippen molar-refractivity contribution in [3.05, 3.63) is 11.4 Å². The largest absolute Gasteiger partial charge is 0.351 e. The molecule has 1 N–H and O–H groups in total. The molecule has 3 aliphatic rings. The molecule has 1 aromatic heterocycles. The Balaban J connectivity index is 1.66. The Morgan fingerprint density at radius 3 is 2.87 bits per heavy atom. The number of hydrogen-bond acceptors (Lipinski definition) is 5. The number of aromatic amines is 1. The van der Waals surface area contributed by atoms with E-state index in [1.807, 2.05) is 4.90 Å². The molecule has 4 rings (SSSR count). The van der Waals surface area contributed by atoms with Gasteiger partial charge in [0, 0.05) is 13.0 Å². The molecule has 3 fully saturated rings. The third-order valence-corrected chi connectivity index (χ3v) is 5.44. The molecule has 0 radical (unpaired) electrons. The minimum absolute atomic E-state index is 0.0839. The Kier molecular flexibility index (Phi) is 3.03. The van der Waals surface area contributed by atoms with Crippen molar-refractivity contribution >= 4 is 11.8 Å². The van der Waals surface area contributed by atoms with Gasteiger partial charge in [-0.3, -0.25) is 9.59 Å². The Morgan fingerprint density at radius 1 is 1.43 bits per heavy atom. The summed E-state index contributed by atoms with van der Waals surface area (Å²) in [4.78, 5) is 29.0. The van der Waals surface area contributed by atoms with E-state index in [1.54, 1.807) is 11.8 Å². The van der Waals surface area contributed by atoms with E-state index in [2.05, 4.69) is 29.3 Å². The second-order valence-corrected chi connectivity index (χ2v) is 6.96. The number of ether oxygens (including phenoxy) is 1. The second kappa shape index (κ2) is 4.77. The monoisotopic (exact) mass is 319 g/mol. The Morgan fingerprint density at radius 2 is 2.22 bits per heavy atom. The van der Waals surface area contributed by atoms with E-state index in [9.17, 15) is 9.59 Å². The molecule has 0 aromatic carbocycles. The summed E-state index contributed by atoms with van der Waals surface area (Å²) in [5, 5.41) is 10.4. The molecular weight excluding hydrogens is 298 g/mol. The first-order valence-electron chi connectivity index (χ1n) is 8.10. The first kappa shape index (κ1) is 14.6. The quantitative estimate of drug-likeness (QED) is 0.847. The van der Waals surface area contributed by atoms with Crippen molar-refractivity contribution < 1.29 is 14.3 Å². The third-order valence-electron chi connectivity index (χ3n) is 5.44. The van der Waals surface area contributed by atoms with Gasteiger partial charge >= 0.3 is 0 Å². The molecule has 124 valence electrons. The third kappa shape index (κ3) is 1.81. The van der Waals surface area contributed by atoms with E-state index >= 15 is 0 Å². The predicted octanol–water partition coefficient (Wildman–Crippen LogP) is 0.311. The summed E-state index contributed by atoms with van der Waals surface area (Å²) in [6.07, 6.45) is 0.987. The van der Waals surface area contributed by atoms with Gasteiger partial charge in [-0.05, 0) is 12.8 Å². The fraction of sp³-hybridized carbons (Fsp3) is 0.733. The van der Waals surface area contributed by atoms with Crippen LogP contribution in [-0.4, -0.2) is 68.0 Å². The van der Waals surface area contributed by atoms with Gasteiger partial charge in [0.2, 0.25) is 5.91 Å². The highest BCUT2D eigenvalue weighted by Crippen LogP contribution is 2.49. The molecule has 0 unspecified atom stereocenters. The number of carbonyl (C=O) groups is 2. The minimum atomic E-state index is -0.640. The Labute approximate surface area is 134 Å². The number of rotatable bonds is 2. The maximum absolute atomic E-state index is 12.8. The average molecular weight is 319 g/mol. The summed E-state index contributed by atoms with van der Waals surface area (Å²) >= 11 is 0. The molecule has 1 aromatic rings. The Bertz CT molecular complexity index is 672. The molecule has 2 amide bonds. The van der Waals surface area contributed by atoms with Gasteiger partial charge in [-0.15, -0.1) is 0 Å². The number of nitrogens with zero attached hydrogens (tertiary/aromatic N) is 4. The maximum atomic E-state index is 12.8. The van der Waals surface area contributed by atoms with E-state index in [4.69, 9.17) is 4.74 Å². The van der Waals surface area contributed by atoms with E-state index in [-0.39, 0.29) is 23.9 Å². The summed E-state index contributed by atoms with van der Waals surface area (Å²) in [6.45, 7) is 7.07. The molecule has 3 atom stereocenters. The van der Waals surface area contributed by atoms with Gasteiger partial charge in [0.15, 0.2) is 11.4 Å². The number of hydrogen-bond donors (Lipinski definition) is 1. The lowest BCUT2D eigenvalue weighted by Crippen LogP contribution is -2.51. The number of H-pyrrole nitrogens is 1. The number of aromatic nitrogens is 3.